The number of carbonyl (C=O) groups is 2. The molecule has 0 saturated carbocycles. The van der Waals surface area contributed by atoms with Crippen LogP contribution in [0.25, 0.3) is 0 Å². The number of aliphatic hydroxyl groups is 1. The van der Waals surface area contributed by atoms with Crippen LogP contribution in [0.3, 0.4) is 0 Å². The molecule has 0 saturated heterocycles. The smallest absolute Gasteiger partial charge is 0.321 e. The monoisotopic (exact) mass is 320 g/mol. The Bertz CT molecular complexity index is 496. The van der Waals surface area contributed by atoms with E-state index in [4.69, 9.17) is 33.4 Å². The Balaban J connectivity index is 2.65. The molecule has 6 nitrogen and oxygen atoms in total. The molecule has 0 aliphatic carbocycles. The van der Waals surface area contributed by atoms with Crippen molar-refractivity contribution in [3.05, 3.63) is 28.2 Å². The molecule has 4 N–H and O–H groups in total. The number of anilines is 1. The number of benzene rings is 1. The lowest BCUT2D eigenvalue weighted by molar-refractivity contribution is -0.141. The maximum Gasteiger partial charge on any atom is 0.321 e. The quantitative estimate of drug-likeness (QED) is 0.608. The van der Waals surface area contributed by atoms with Crippen LogP contribution in [-0.4, -0.2) is 41.3 Å². The fraction of sp³-hybridized carbons (Fsp3) is 0.333. The van der Waals surface area contributed by atoms with Gasteiger partial charge in [0.1, 0.15) is 6.04 Å². The zero-order chi connectivity index (χ0) is 15.1. The van der Waals surface area contributed by atoms with Gasteiger partial charge in [-0.05, 0) is 18.2 Å². The number of carboxylic acids is 1. The van der Waals surface area contributed by atoms with Crippen molar-refractivity contribution in [3.8, 4) is 0 Å². The van der Waals surface area contributed by atoms with Gasteiger partial charge in [-0.15, -0.1) is 0 Å². The van der Waals surface area contributed by atoms with Crippen LogP contribution in [0, 0.1) is 0 Å². The summed E-state index contributed by atoms with van der Waals surface area (Å²) in [6.45, 7) is -0.131. The number of nitrogens with one attached hydrogen (secondary N) is 2. The van der Waals surface area contributed by atoms with Crippen molar-refractivity contribution in [2.75, 3.05) is 18.5 Å². The third kappa shape index (κ3) is 5.34. The van der Waals surface area contributed by atoms with Crippen molar-refractivity contribution in [3.63, 3.8) is 0 Å². The van der Waals surface area contributed by atoms with E-state index < -0.39 is 17.9 Å². The highest BCUT2D eigenvalue weighted by Gasteiger charge is 2.20. The van der Waals surface area contributed by atoms with E-state index in [-0.39, 0.29) is 19.6 Å². The number of carbonyl (C=O) groups excluding carboxylic acids is 1. The topological polar surface area (TPSA) is 98.7 Å². The molecular formula is C12H14Cl2N2O4. The summed E-state index contributed by atoms with van der Waals surface area (Å²) in [4.78, 5) is 22.7. The van der Waals surface area contributed by atoms with Gasteiger partial charge in [0.15, 0.2) is 0 Å². The van der Waals surface area contributed by atoms with Gasteiger partial charge in [0.25, 0.3) is 0 Å². The van der Waals surface area contributed by atoms with Gasteiger partial charge in [0, 0.05) is 11.6 Å². The third-order valence-corrected chi connectivity index (χ3v) is 2.96. The molecule has 0 aliphatic rings. The molecule has 0 heterocycles. The second-order valence-corrected chi connectivity index (χ2v) is 4.79. The van der Waals surface area contributed by atoms with Gasteiger partial charge in [-0.2, -0.15) is 0 Å². The van der Waals surface area contributed by atoms with Crippen molar-refractivity contribution >= 4 is 40.8 Å². The van der Waals surface area contributed by atoms with Gasteiger partial charge in [-0.1, -0.05) is 23.2 Å². The summed E-state index contributed by atoms with van der Waals surface area (Å²) in [5.41, 5.74) is 0.315. The van der Waals surface area contributed by atoms with E-state index in [0.717, 1.165) is 0 Å². The van der Waals surface area contributed by atoms with Gasteiger partial charge < -0.3 is 20.8 Å². The Labute approximate surface area is 125 Å². The number of rotatable bonds is 7. The van der Waals surface area contributed by atoms with Gasteiger partial charge in [-0.3, -0.25) is 9.59 Å². The molecule has 110 valence electrons. The summed E-state index contributed by atoms with van der Waals surface area (Å²) in [6.07, 6.45) is -0.293. The van der Waals surface area contributed by atoms with Crippen LogP contribution < -0.4 is 10.6 Å². The number of hydrogen-bond acceptors (Lipinski definition) is 4. The number of amides is 1. The Hall–Kier alpha value is -1.34. The van der Waals surface area contributed by atoms with Crippen molar-refractivity contribution in [2.45, 2.75) is 12.5 Å². The molecule has 20 heavy (non-hydrogen) atoms. The van der Waals surface area contributed by atoms with Crippen LogP contribution in [0.15, 0.2) is 18.2 Å². The molecule has 0 fully saturated rings. The lowest BCUT2D eigenvalue weighted by atomic mass is 10.2. The molecular weight excluding hydrogens is 307 g/mol. The Morgan fingerprint density at radius 2 is 2.00 bits per heavy atom. The summed E-state index contributed by atoms with van der Waals surface area (Å²) >= 11 is 11.7. The normalized spacial score (nSPS) is 11.9. The molecule has 1 atom stereocenters. The first kappa shape index (κ1) is 16.7. The van der Waals surface area contributed by atoms with E-state index in [1.54, 1.807) is 6.07 Å². The molecule has 1 aromatic rings. The summed E-state index contributed by atoms with van der Waals surface area (Å²) in [5.74, 6) is -1.70. The minimum absolute atomic E-state index is 0.0855. The van der Waals surface area contributed by atoms with E-state index in [9.17, 15) is 9.59 Å². The number of hydrogen-bond donors (Lipinski definition) is 4. The van der Waals surface area contributed by atoms with Gasteiger partial charge in [0.2, 0.25) is 5.91 Å². The van der Waals surface area contributed by atoms with Crippen molar-refractivity contribution < 1.29 is 19.8 Å². The lowest BCUT2D eigenvalue weighted by Gasteiger charge is -2.14. The van der Waals surface area contributed by atoms with E-state index in [0.29, 0.717) is 15.7 Å². The SMILES string of the molecule is O=C(C[C@@H](NCCO)C(=O)O)Nc1cc(Cl)ccc1Cl. The van der Waals surface area contributed by atoms with E-state index in [2.05, 4.69) is 10.6 Å². The molecule has 0 bridgehead atoms. The second-order valence-electron chi connectivity index (χ2n) is 3.95. The maximum atomic E-state index is 11.8. The van der Waals surface area contributed by atoms with Crippen LogP contribution in [0.5, 0.6) is 0 Å². The molecule has 1 amide bonds. The highest BCUT2D eigenvalue weighted by Crippen LogP contribution is 2.25. The Morgan fingerprint density at radius 3 is 2.60 bits per heavy atom. The predicted molar refractivity (Wildman–Crippen MR) is 76.2 cm³/mol. The molecule has 8 heteroatoms. The summed E-state index contributed by atoms with van der Waals surface area (Å²) in [7, 11) is 0. The first-order valence-corrected chi connectivity index (χ1v) is 6.51. The van der Waals surface area contributed by atoms with E-state index >= 15 is 0 Å². The van der Waals surface area contributed by atoms with Crippen LogP contribution in [0.4, 0.5) is 5.69 Å². The van der Waals surface area contributed by atoms with Gasteiger partial charge >= 0.3 is 5.97 Å². The Morgan fingerprint density at radius 1 is 1.30 bits per heavy atom. The highest BCUT2D eigenvalue weighted by atomic mass is 35.5. The average molecular weight is 321 g/mol. The second kappa shape index (κ2) is 8.06. The molecule has 0 spiro atoms. The van der Waals surface area contributed by atoms with Crippen LogP contribution in [0.2, 0.25) is 10.0 Å². The highest BCUT2D eigenvalue weighted by molar-refractivity contribution is 6.35. The lowest BCUT2D eigenvalue weighted by Crippen LogP contribution is -2.41. The first-order valence-electron chi connectivity index (χ1n) is 5.76. The standard InChI is InChI=1S/C12H14Cl2N2O4/c13-7-1-2-8(14)9(5-7)16-11(18)6-10(12(19)20)15-3-4-17/h1-2,5,10,15,17H,3-4,6H2,(H,16,18)(H,19,20)/t10-/m1/s1. The summed E-state index contributed by atoms with van der Waals surface area (Å²) < 4.78 is 0. The van der Waals surface area contributed by atoms with Crippen molar-refractivity contribution in [2.24, 2.45) is 0 Å². The first-order chi connectivity index (χ1) is 9.43. The molecule has 1 aromatic carbocycles. The van der Waals surface area contributed by atoms with Crippen LogP contribution in [0.1, 0.15) is 6.42 Å². The van der Waals surface area contributed by atoms with Crippen LogP contribution >= 0.6 is 23.2 Å². The maximum absolute atomic E-state index is 11.8. The minimum Gasteiger partial charge on any atom is -0.480 e. The number of carboxylic acid groups (broad SMARTS) is 1. The summed E-state index contributed by atoms with van der Waals surface area (Å²) in [6, 6.07) is 3.49. The van der Waals surface area contributed by atoms with Crippen molar-refractivity contribution in [1.29, 1.82) is 0 Å². The molecule has 0 unspecified atom stereocenters. The summed E-state index contributed by atoms with van der Waals surface area (Å²) in [5, 5.41) is 23.3. The largest absolute Gasteiger partial charge is 0.480 e. The number of aliphatic hydroxyl groups excluding tert-OH is 1. The predicted octanol–water partition coefficient (Wildman–Crippen LogP) is 1.36. The third-order valence-electron chi connectivity index (χ3n) is 2.39. The Kier molecular flexibility index (Phi) is 6.74. The molecule has 1 rings (SSSR count). The van der Waals surface area contributed by atoms with Gasteiger partial charge in [-0.25, -0.2) is 0 Å². The number of aliphatic carboxylic acids is 1. The molecule has 0 radical (unpaired) electrons. The van der Waals surface area contributed by atoms with Crippen molar-refractivity contribution in [1.82, 2.24) is 5.32 Å². The zero-order valence-corrected chi connectivity index (χ0v) is 11.9. The fourth-order valence-corrected chi connectivity index (χ4v) is 1.80. The van der Waals surface area contributed by atoms with Crippen LogP contribution in [-0.2, 0) is 9.59 Å². The number of halogens is 2. The zero-order valence-electron chi connectivity index (χ0n) is 10.4. The minimum atomic E-state index is -1.18. The van der Waals surface area contributed by atoms with E-state index in [1.165, 1.54) is 12.1 Å². The van der Waals surface area contributed by atoms with Gasteiger partial charge in [0.05, 0.1) is 23.7 Å². The average Bonchev–Trinajstić information content (AvgIpc) is 2.38. The fourth-order valence-electron chi connectivity index (χ4n) is 1.47. The molecule has 0 aliphatic heterocycles. The van der Waals surface area contributed by atoms with E-state index in [1.807, 2.05) is 0 Å². The molecule has 0 aromatic heterocycles.